The number of carbonyl (C=O) groups is 1. The van der Waals surface area contributed by atoms with Gasteiger partial charge in [-0.05, 0) is 42.3 Å². The van der Waals surface area contributed by atoms with E-state index in [0.29, 0.717) is 19.6 Å². The fourth-order valence-corrected chi connectivity index (χ4v) is 3.91. The Morgan fingerprint density at radius 2 is 2.15 bits per heavy atom. The molecule has 0 N–H and O–H groups in total. The van der Waals surface area contributed by atoms with Gasteiger partial charge in [0.1, 0.15) is 15.6 Å². The molecule has 0 radical (unpaired) electrons. The second-order valence-corrected chi connectivity index (χ2v) is 9.39. The zero-order valence-corrected chi connectivity index (χ0v) is 16.5. The third-order valence-corrected chi connectivity index (χ3v) is 5.66. The fourth-order valence-electron chi connectivity index (χ4n) is 3.36. The first-order chi connectivity index (χ1) is 12.8. The molecule has 2 aromatic rings. The molecule has 0 spiro atoms. The van der Waals surface area contributed by atoms with Gasteiger partial charge in [0.15, 0.2) is 0 Å². The van der Waals surface area contributed by atoms with E-state index in [4.69, 9.17) is 4.42 Å². The second kappa shape index (κ2) is 8.22. The van der Waals surface area contributed by atoms with E-state index in [1.165, 1.54) is 5.56 Å². The minimum Gasteiger partial charge on any atom is -0.468 e. The summed E-state index contributed by atoms with van der Waals surface area (Å²) in [6.45, 7) is 2.56. The second-order valence-electron chi connectivity index (χ2n) is 7.13. The van der Waals surface area contributed by atoms with E-state index >= 15 is 0 Å². The lowest BCUT2D eigenvalue weighted by molar-refractivity contribution is -0.131. The van der Waals surface area contributed by atoms with Gasteiger partial charge in [-0.15, -0.1) is 0 Å². The van der Waals surface area contributed by atoms with Gasteiger partial charge in [0.25, 0.3) is 0 Å². The van der Waals surface area contributed by atoms with Crippen LogP contribution in [0.1, 0.15) is 28.9 Å². The number of nitrogens with zero attached hydrogens (tertiary/aromatic N) is 3. The quantitative estimate of drug-likeness (QED) is 0.713. The highest BCUT2D eigenvalue weighted by Crippen LogP contribution is 2.23. The predicted molar refractivity (Wildman–Crippen MR) is 102 cm³/mol. The normalized spacial score (nSPS) is 14.4. The van der Waals surface area contributed by atoms with Crippen LogP contribution in [0.5, 0.6) is 0 Å². The first kappa shape index (κ1) is 19.6. The van der Waals surface area contributed by atoms with Gasteiger partial charge < -0.3 is 9.32 Å². The molecule has 146 valence electrons. The van der Waals surface area contributed by atoms with Gasteiger partial charge in [0, 0.05) is 44.7 Å². The van der Waals surface area contributed by atoms with E-state index in [2.05, 4.69) is 9.88 Å². The molecule has 0 saturated heterocycles. The van der Waals surface area contributed by atoms with Crippen molar-refractivity contribution in [3.63, 3.8) is 0 Å². The largest absolute Gasteiger partial charge is 0.468 e. The van der Waals surface area contributed by atoms with Crippen molar-refractivity contribution in [2.45, 2.75) is 32.5 Å². The highest BCUT2D eigenvalue weighted by Gasteiger charge is 2.23. The van der Waals surface area contributed by atoms with Crippen LogP contribution in [0.3, 0.4) is 0 Å². The summed E-state index contributed by atoms with van der Waals surface area (Å²) in [6, 6.07) is 3.83. The van der Waals surface area contributed by atoms with Gasteiger partial charge in [-0.1, -0.05) is 0 Å². The van der Waals surface area contributed by atoms with Crippen molar-refractivity contribution < 1.29 is 17.6 Å². The Labute approximate surface area is 159 Å². The monoisotopic (exact) mass is 391 g/mol. The number of furan rings is 1. The Morgan fingerprint density at radius 1 is 1.33 bits per heavy atom. The molecular weight excluding hydrogens is 366 g/mol. The van der Waals surface area contributed by atoms with Crippen molar-refractivity contribution >= 4 is 15.7 Å². The topological polar surface area (TPSA) is 83.7 Å². The summed E-state index contributed by atoms with van der Waals surface area (Å²) < 4.78 is 28.0. The number of aromatic nitrogens is 1. The van der Waals surface area contributed by atoms with Gasteiger partial charge in [-0.25, -0.2) is 8.42 Å². The van der Waals surface area contributed by atoms with E-state index in [9.17, 15) is 13.2 Å². The van der Waals surface area contributed by atoms with Crippen LogP contribution >= 0.6 is 0 Å². The number of pyridine rings is 1. The van der Waals surface area contributed by atoms with Crippen molar-refractivity contribution in [3.8, 4) is 0 Å². The Morgan fingerprint density at radius 3 is 2.85 bits per heavy atom. The number of amides is 1. The lowest BCUT2D eigenvalue weighted by Crippen LogP contribution is -2.37. The maximum absolute atomic E-state index is 12.3. The van der Waals surface area contributed by atoms with Crippen LogP contribution in [-0.2, 0) is 40.7 Å². The molecule has 7 nitrogen and oxygen atoms in total. The van der Waals surface area contributed by atoms with Crippen molar-refractivity contribution in [3.05, 3.63) is 53.2 Å². The smallest absolute Gasteiger partial charge is 0.223 e. The SMILES string of the molecule is CN(Cc1ccco1)Cc1cncc2c1CCN(C(=O)CCS(C)(=O)=O)C2. The zero-order valence-electron chi connectivity index (χ0n) is 15.7. The van der Waals surface area contributed by atoms with Gasteiger partial charge in [0.2, 0.25) is 5.91 Å². The maximum Gasteiger partial charge on any atom is 0.223 e. The van der Waals surface area contributed by atoms with Crippen molar-refractivity contribution in [2.24, 2.45) is 0 Å². The highest BCUT2D eigenvalue weighted by molar-refractivity contribution is 7.90. The van der Waals surface area contributed by atoms with Crippen LogP contribution < -0.4 is 0 Å². The summed E-state index contributed by atoms with van der Waals surface area (Å²) in [6.07, 6.45) is 7.31. The third kappa shape index (κ3) is 5.40. The van der Waals surface area contributed by atoms with Crippen molar-refractivity contribution in [1.82, 2.24) is 14.8 Å². The molecule has 1 amide bonds. The lowest BCUT2D eigenvalue weighted by atomic mass is 9.96. The zero-order chi connectivity index (χ0) is 19.4. The van der Waals surface area contributed by atoms with E-state index in [1.807, 2.05) is 25.4 Å². The van der Waals surface area contributed by atoms with E-state index in [-0.39, 0.29) is 18.1 Å². The standard InChI is InChI=1S/C19H25N3O4S/c1-21(14-17-4-3-8-26-17)12-15-10-20-11-16-13-22(7-5-18(15)16)19(23)6-9-27(2,24)25/h3-4,8,10-11H,5-7,9,12-14H2,1-2H3. The Kier molecular flexibility index (Phi) is 5.96. The van der Waals surface area contributed by atoms with Crippen LogP contribution in [0.25, 0.3) is 0 Å². The summed E-state index contributed by atoms with van der Waals surface area (Å²) in [7, 11) is -1.10. The van der Waals surface area contributed by atoms with Crippen molar-refractivity contribution in [2.75, 3.05) is 25.6 Å². The van der Waals surface area contributed by atoms with Crippen LogP contribution in [0.2, 0.25) is 0 Å². The van der Waals surface area contributed by atoms with Crippen LogP contribution in [0.15, 0.2) is 35.2 Å². The third-order valence-electron chi connectivity index (χ3n) is 4.71. The molecule has 3 heterocycles. The molecule has 0 saturated carbocycles. The van der Waals surface area contributed by atoms with Crippen molar-refractivity contribution in [1.29, 1.82) is 0 Å². The number of sulfone groups is 1. The Balaban J connectivity index is 1.64. The molecule has 0 fully saturated rings. The number of rotatable bonds is 7. The molecule has 0 bridgehead atoms. The molecule has 0 aliphatic carbocycles. The molecule has 0 unspecified atom stereocenters. The summed E-state index contributed by atoms with van der Waals surface area (Å²) >= 11 is 0. The Bertz CT molecular complexity index is 894. The molecule has 1 aliphatic rings. The minimum atomic E-state index is -3.13. The maximum atomic E-state index is 12.3. The lowest BCUT2D eigenvalue weighted by Gasteiger charge is -2.30. The van der Waals surface area contributed by atoms with Gasteiger partial charge in [-0.3, -0.25) is 14.7 Å². The first-order valence-corrected chi connectivity index (χ1v) is 11.0. The summed E-state index contributed by atoms with van der Waals surface area (Å²) in [5.41, 5.74) is 3.44. The number of carbonyl (C=O) groups excluding carboxylic acids is 1. The number of fused-ring (bicyclic) bond motifs is 1. The molecule has 2 aromatic heterocycles. The van der Waals surface area contributed by atoms with E-state index in [0.717, 1.165) is 36.1 Å². The molecule has 0 atom stereocenters. The highest BCUT2D eigenvalue weighted by atomic mass is 32.2. The molecular formula is C19H25N3O4S. The minimum absolute atomic E-state index is 0.0349. The fraction of sp³-hybridized carbons (Fsp3) is 0.474. The summed E-state index contributed by atoms with van der Waals surface area (Å²) in [5, 5.41) is 0. The molecule has 3 rings (SSSR count). The van der Waals surface area contributed by atoms with Gasteiger partial charge in [0.05, 0.1) is 18.6 Å². The summed E-state index contributed by atoms with van der Waals surface area (Å²) in [5.74, 6) is 0.690. The van der Waals surface area contributed by atoms with Crippen LogP contribution in [-0.4, -0.2) is 54.7 Å². The van der Waals surface area contributed by atoms with E-state index in [1.54, 1.807) is 17.4 Å². The first-order valence-electron chi connectivity index (χ1n) is 8.93. The van der Waals surface area contributed by atoms with E-state index < -0.39 is 9.84 Å². The molecule has 27 heavy (non-hydrogen) atoms. The number of hydrogen-bond acceptors (Lipinski definition) is 6. The average molecular weight is 391 g/mol. The molecule has 8 heteroatoms. The van der Waals surface area contributed by atoms with Crippen LogP contribution in [0, 0.1) is 0 Å². The molecule has 0 aromatic carbocycles. The van der Waals surface area contributed by atoms with Gasteiger partial charge >= 0.3 is 0 Å². The summed E-state index contributed by atoms with van der Waals surface area (Å²) in [4.78, 5) is 20.6. The van der Waals surface area contributed by atoms with Gasteiger partial charge in [-0.2, -0.15) is 0 Å². The number of hydrogen-bond donors (Lipinski definition) is 0. The molecule has 1 aliphatic heterocycles. The Hall–Kier alpha value is -2.19. The van der Waals surface area contributed by atoms with Crippen LogP contribution in [0.4, 0.5) is 0 Å². The predicted octanol–water partition coefficient (Wildman–Crippen LogP) is 1.63. The average Bonchev–Trinajstić information content (AvgIpc) is 3.11.